The molecule has 0 spiro atoms. The van der Waals surface area contributed by atoms with Crippen LogP contribution >= 0.6 is 11.8 Å². The van der Waals surface area contributed by atoms with E-state index < -0.39 is 27.0 Å². The molecule has 0 amide bonds. The number of rotatable bonds is 20. The van der Waals surface area contributed by atoms with Gasteiger partial charge in [-0.3, -0.25) is 8.98 Å². The lowest BCUT2D eigenvalue weighted by atomic mass is 9.80. The monoisotopic (exact) mass is 774 g/mol. The molecular formula is C41H46N2O9S2. The lowest BCUT2D eigenvalue weighted by Gasteiger charge is -2.37. The number of aromatic nitrogens is 2. The van der Waals surface area contributed by atoms with Crippen LogP contribution in [-0.4, -0.2) is 62.2 Å². The summed E-state index contributed by atoms with van der Waals surface area (Å²) in [6.45, 7) is 2.16. The van der Waals surface area contributed by atoms with Gasteiger partial charge in [0.15, 0.2) is 0 Å². The summed E-state index contributed by atoms with van der Waals surface area (Å²) in [6.07, 6.45) is 3.03. The third-order valence-corrected chi connectivity index (χ3v) is 10.7. The fourth-order valence-electron chi connectivity index (χ4n) is 6.09. The van der Waals surface area contributed by atoms with Crippen molar-refractivity contribution < 1.29 is 31.5 Å². The Balaban J connectivity index is 1.46. The number of aryl methyl sites for hydroxylation is 2. The van der Waals surface area contributed by atoms with Crippen LogP contribution in [0.2, 0.25) is 0 Å². The Morgan fingerprint density at radius 1 is 0.778 bits per heavy atom. The Hall–Kier alpha value is -4.66. The first kappa shape index (κ1) is 40.5. The summed E-state index contributed by atoms with van der Waals surface area (Å²) in [5, 5.41) is -0.241. The van der Waals surface area contributed by atoms with E-state index in [9.17, 15) is 18.0 Å². The number of benzene rings is 4. The largest absolute Gasteiger partial charge is 0.497 e. The highest BCUT2D eigenvalue weighted by Gasteiger charge is 2.38. The molecule has 54 heavy (non-hydrogen) atoms. The van der Waals surface area contributed by atoms with E-state index in [1.807, 2.05) is 109 Å². The molecule has 1 atom stereocenters. The van der Waals surface area contributed by atoms with Crippen LogP contribution in [0.3, 0.4) is 0 Å². The maximum Gasteiger partial charge on any atom is 0.332 e. The number of ether oxygens (including phenoxy) is 4. The molecule has 13 heteroatoms. The summed E-state index contributed by atoms with van der Waals surface area (Å²) in [7, 11) is -0.399. The van der Waals surface area contributed by atoms with Crippen molar-refractivity contribution in [3.05, 3.63) is 164 Å². The molecule has 0 saturated carbocycles. The van der Waals surface area contributed by atoms with Crippen molar-refractivity contribution in [1.29, 1.82) is 0 Å². The minimum atomic E-state index is -3.63. The number of methoxy groups -OCH3 is 2. The zero-order valence-corrected chi connectivity index (χ0v) is 32.5. The number of thioether (sulfide) groups is 1. The number of hydrogen-bond donors (Lipinski definition) is 0. The Kier molecular flexibility index (Phi) is 14.3. The van der Waals surface area contributed by atoms with Crippen LogP contribution in [0.4, 0.5) is 0 Å². The maximum atomic E-state index is 13.6. The van der Waals surface area contributed by atoms with E-state index in [1.54, 1.807) is 27.3 Å². The van der Waals surface area contributed by atoms with Gasteiger partial charge in [-0.15, -0.1) is 0 Å². The minimum absolute atomic E-state index is 0.0243. The van der Waals surface area contributed by atoms with E-state index in [0.717, 1.165) is 33.1 Å². The standard InChI is InChI=1S/C41H46N2O9S2/c1-31-27-42(40(45)43(39(31)44)30-50-28-32-11-7-5-8-12-32)24-23-38(53-26-25-52-54(4,46)47)29-51-41(33-13-9-6-10-14-33,34-15-19-36(48-2)20-16-34)35-17-21-37(49-3)22-18-35/h5-22,27,38H,23-26,28-30H2,1-4H3. The highest BCUT2D eigenvalue weighted by atomic mass is 32.2. The Morgan fingerprint density at radius 3 is 1.89 bits per heavy atom. The van der Waals surface area contributed by atoms with Crippen molar-refractivity contribution >= 4 is 21.9 Å². The van der Waals surface area contributed by atoms with Crippen molar-refractivity contribution in [1.82, 2.24) is 9.13 Å². The van der Waals surface area contributed by atoms with Gasteiger partial charge in [-0.2, -0.15) is 20.2 Å². The van der Waals surface area contributed by atoms with Gasteiger partial charge in [0.25, 0.3) is 15.7 Å². The summed E-state index contributed by atoms with van der Waals surface area (Å²) < 4.78 is 55.0. The summed E-state index contributed by atoms with van der Waals surface area (Å²) in [5.74, 6) is 1.75. The summed E-state index contributed by atoms with van der Waals surface area (Å²) >= 11 is 1.49. The molecule has 1 unspecified atom stereocenters. The quantitative estimate of drug-likeness (QED) is 0.0530. The Bertz CT molecular complexity index is 2110. The van der Waals surface area contributed by atoms with Gasteiger partial charge in [-0.25, -0.2) is 9.36 Å². The molecule has 0 saturated heterocycles. The van der Waals surface area contributed by atoms with E-state index in [4.69, 9.17) is 23.1 Å². The molecule has 0 fully saturated rings. The summed E-state index contributed by atoms with van der Waals surface area (Å²) in [5.41, 5.74) is 1.95. The average molecular weight is 775 g/mol. The SMILES string of the molecule is COc1ccc(C(OCC(CCn2cc(C)c(=O)n(COCc3ccccc3)c2=O)SCCOS(C)(=O)=O)(c2ccccc2)c2ccc(OC)cc2)cc1. The van der Waals surface area contributed by atoms with E-state index >= 15 is 0 Å². The van der Waals surface area contributed by atoms with E-state index in [1.165, 1.54) is 16.3 Å². The molecule has 0 aliphatic carbocycles. The van der Waals surface area contributed by atoms with Crippen molar-refractivity contribution in [2.75, 3.05) is 39.4 Å². The first-order valence-electron chi connectivity index (χ1n) is 17.4. The van der Waals surface area contributed by atoms with Gasteiger partial charge in [0.1, 0.15) is 23.8 Å². The van der Waals surface area contributed by atoms with E-state index in [0.29, 0.717) is 29.2 Å². The highest BCUT2D eigenvalue weighted by Crippen LogP contribution is 2.42. The predicted octanol–water partition coefficient (Wildman–Crippen LogP) is 5.99. The molecule has 1 heterocycles. The van der Waals surface area contributed by atoms with Crippen LogP contribution in [0.5, 0.6) is 11.5 Å². The Labute approximate surface area is 320 Å². The fraction of sp³-hybridized carbons (Fsp3) is 0.317. The predicted molar refractivity (Wildman–Crippen MR) is 211 cm³/mol. The zero-order chi connectivity index (χ0) is 38.6. The summed E-state index contributed by atoms with van der Waals surface area (Å²) in [6, 6.07) is 34.9. The van der Waals surface area contributed by atoms with Crippen LogP contribution in [0.15, 0.2) is 125 Å². The molecule has 11 nitrogen and oxygen atoms in total. The lowest BCUT2D eigenvalue weighted by Crippen LogP contribution is -2.41. The van der Waals surface area contributed by atoms with Crippen LogP contribution in [0.1, 0.15) is 34.2 Å². The second-order valence-corrected chi connectivity index (χ2v) is 15.7. The van der Waals surface area contributed by atoms with Crippen LogP contribution in [0.25, 0.3) is 0 Å². The lowest BCUT2D eigenvalue weighted by molar-refractivity contribution is 0.0126. The maximum absolute atomic E-state index is 13.6. The van der Waals surface area contributed by atoms with Crippen LogP contribution in [-0.2, 0) is 49.3 Å². The molecule has 0 radical (unpaired) electrons. The van der Waals surface area contributed by atoms with E-state index in [2.05, 4.69) is 0 Å². The number of hydrogen-bond acceptors (Lipinski definition) is 10. The highest BCUT2D eigenvalue weighted by molar-refractivity contribution is 8.00. The third-order valence-electron chi connectivity index (χ3n) is 8.83. The molecule has 4 aromatic carbocycles. The normalized spacial score (nSPS) is 12.4. The third kappa shape index (κ3) is 10.5. The number of nitrogens with zero attached hydrogens (tertiary/aromatic N) is 2. The van der Waals surface area contributed by atoms with Crippen molar-refractivity contribution in [2.45, 2.75) is 44.1 Å². The van der Waals surface area contributed by atoms with Gasteiger partial charge in [-0.05, 0) is 59.9 Å². The molecule has 0 aliphatic rings. The zero-order valence-electron chi connectivity index (χ0n) is 30.9. The molecule has 5 aromatic rings. The Morgan fingerprint density at radius 2 is 1.33 bits per heavy atom. The molecule has 0 bridgehead atoms. The van der Waals surface area contributed by atoms with E-state index in [-0.39, 0.29) is 38.3 Å². The molecule has 0 N–H and O–H groups in total. The van der Waals surface area contributed by atoms with Gasteiger partial charge in [0.2, 0.25) is 0 Å². The topological polar surface area (TPSA) is 124 Å². The van der Waals surface area contributed by atoms with Crippen molar-refractivity contribution in [3.8, 4) is 11.5 Å². The smallest absolute Gasteiger partial charge is 0.332 e. The first-order valence-corrected chi connectivity index (χ1v) is 20.3. The fourth-order valence-corrected chi connectivity index (χ4v) is 7.53. The van der Waals surface area contributed by atoms with Gasteiger partial charge in [-0.1, -0.05) is 84.9 Å². The first-order chi connectivity index (χ1) is 26.0. The van der Waals surface area contributed by atoms with Gasteiger partial charge >= 0.3 is 5.69 Å². The molecule has 5 rings (SSSR count). The molecular weight excluding hydrogens is 729 g/mol. The van der Waals surface area contributed by atoms with Crippen molar-refractivity contribution in [2.24, 2.45) is 0 Å². The molecule has 1 aromatic heterocycles. The van der Waals surface area contributed by atoms with Crippen LogP contribution in [0, 0.1) is 6.92 Å². The van der Waals surface area contributed by atoms with Gasteiger partial charge in [0, 0.05) is 29.3 Å². The van der Waals surface area contributed by atoms with Gasteiger partial charge in [0.05, 0.1) is 40.3 Å². The van der Waals surface area contributed by atoms with Crippen molar-refractivity contribution in [3.63, 3.8) is 0 Å². The molecule has 286 valence electrons. The van der Waals surface area contributed by atoms with Crippen LogP contribution < -0.4 is 20.7 Å². The second kappa shape index (κ2) is 19.1. The summed E-state index contributed by atoms with van der Waals surface area (Å²) in [4.78, 5) is 26.7. The average Bonchev–Trinajstić information content (AvgIpc) is 3.19. The second-order valence-electron chi connectivity index (χ2n) is 12.6. The minimum Gasteiger partial charge on any atom is -0.497 e. The molecule has 0 aliphatic heterocycles. The van der Waals surface area contributed by atoms with Gasteiger partial charge < -0.3 is 23.5 Å².